The van der Waals surface area contributed by atoms with Gasteiger partial charge in [-0.05, 0) is 55.5 Å². The summed E-state index contributed by atoms with van der Waals surface area (Å²) in [5, 5.41) is 2.96. The summed E-state index contributed by atoms with van der Waals surface area (Å²) in [4.78, 5) is 39.5. The van der Waals surface area contributed by atoms with Crippen LogP contribution in [0.25, 0.3) is 0 Å². The predicted octanol–water partition coefficient (Wildman–Crippen LogP) is 3.58. The lowest BCUT2D eigenvalue weighted by atomic mass is 10.0. The smallest absolute Gasteiger partial charge is 0.261 e. The van der Waals surface area contributed by atoms with Crippen LogP contribution in [0.1, 0.15) is 62.0 Å². The third kappa shape index (κ3) is 3.56. The van der Waals surface area contributed by atoms with E-state index >= 15 is 0 Å². The van der Waals surface area contributed by atoms with Crippen LogP contribution in [0.4, 0.5) is 5.69 Å². The molecule has 0 aliphatic carbocycles. The summed E-state index contributed by atoms with van der Waals surface area (Å²) in [5.74, 6) is -0.977. The van der Waals surface area contributed by atoms with Crippen molar-refractivity contribution in [2.24, 2.45) is 0 Å². The fourth-order valence-corrected chi connectivity index (χ4v) is 3.98. The molecular weight excluding hydrogens is 368 g/mol. The molecule has 0 aromatic heterocycles. The Morgan fingerprint density at radius 3 is 2.69 bits per heavy atom. The van der Waals surface area contributed by atoms with E-state index in [9.17, 15) is 14.4 Å². The summed E-state index contributed by atoms with van der Waals surface area (Å²) in [5.41, 5.74) is 3.80. The first-order valence-corrected chi connectivity index (χ1v) is 10.0. The largest absolute Gasteiger partial charge is 0.376 e. The van der Waals surface area contributed by atoms with Crippen molar-refractivity contribution in [3.8, 4) is 0 Å². The quantitative estimate of drug-likeness (QED) is 0.789. The number of nitrogens with zero attached hydrogens (tertiary/aromatic N) is 1. The molecule has 3 amide bonds. The van der Waals surface area contributed by atoms with Gasteiger partial charge in [0.2, 0.25) is 0 Å². The van der Waals surface area contributed by atoms with Crippen LogP contribution in [0.5, 0.6) is 0 Å². The second-order valence-electron chi connectivity index (χ2n) is 7.53. The molecule has 2 aliphatic rings. The molecule has 0 spiro atoms. The number of amides is 3. The van der Waals surface area contributed by atoms with Crippen LogP contribution in [-0.4, -0.2) is 41.9 Å². The van der Waals surface area contributed by atoms with Gasteiger partial charge in [0.1, 0.15) is 0 Å². The summed E-state index contributed by atoms with van der Waals surface area (Å²) >= 11 is 0. The van der Waals surface area contributed by atoms with Gasteiger partial charge in [-0.25, -0.2) is 0 Å². The predicted molar refractivity (Wildman–Crippen MR) is 109 cm³/mol. The van der Waals surface area contributed by atoms with E-state index in [0.717, 1.165) is 36.1 Å². The van der Waals surface area contributed by atoms with Gasteiger partial charge in [-0.15, -0.1) is 0 Å². The van der Waals surface area contributed by atoms with Gasteiger partial charge in [0.05, 0.1) is 23.8 Å². The van der Waals surface area contributed by atoms with Crippen LogP contribution in [0.3, 0.4) is 0 Å². The van der Waals surface area contributed by atoms with E-state index in [1.54, 1.807) is 12.1 Å². The minimum absolute atomic E-state index is 0.103. The first-order chi connectivity index (χ1) is 14.0. The fraction of sp³-hybridized carbons (Fsp3) is 0.348. The third-order valence-electron chi connectivity index (χ3n) is 5.62. The first-order valence-electron chi connectivity index (χ1n) is 10.0. The fourth-order valence-electron chi connectivity index (χ4n) is 3.98. The number of benzene rings is 2. The number of anilines is 1. The van der Waals surface area contributed by atoms with E-state index in [-0.39, 0.29) is 35.9 Å². The maximum atomic E-state index is 12.8. The highest BCUT2D eigenvalue weighted by molar-refractivity contribution is 6.22. The Balaban J connectivity index is 1.57. The summed E-state index contributed by atoms with van der Waals surface area (Å²) in [6.45, 7) is 4.91. The zero-order valence-electron chi connectivity index (χ0n) is 16.7. The maximum Gasteiger partial charge on any atom is 0.261 e. The van der Waals surface area contributed by atoms with Crippen LogP contribution in [0, 0.1) is 6.92 Å². The summed E-state index contributed by atoms with van der Waals surface area (Å²) in [6.07, 6.45) is 2.48. The lowest BCUT2D eigenvalue weighted by Gasteiger charge is -2.17. The number of carbonyl (C=O) groups is 3. The number of rotatable bonds is 5. The van der Waals surface area contributed by atoms with Gasteiger partial charge in [0, 0.05) is 17.9 Å². The normalized spacial score (nSPS) is 18.3. The van der Waals surface area contributed by atoms with Gasteiger partial charge in [-0.2, -0.15) is 0 Å². The van der Waals surface area contributed by atoms with Crippen molar-refractivity contribution < 1.29 is 19.1 Å². The van der Waals surface area contributed by atoms with Gasteiger partial charge < -0.3 is 10.1 Å². The average Bonchev–Trinajstić information content (AvgIpc) is 3.32. The second-order valence-corrected chi connectivity index (χ2v) is 7.53. The molecule has 0 saturated carbocycles. The first kappa shape index (κ1) is 19.3. The van der Waals surface area contributed by atoms with E-state index in [1.807, 2.05) is 32.0 Å². The number of nitrogens with one attached hydrogen (secondary N) is 1. The number of para-hydroxylation sites is 1. The molecular formula is C23H24N2O4. The van der Waals surface area contributed by atoms with Gasteiger partial charge in [-0.1, -0.05) is 25.1 Å². The number of hydrogen-bond acceptors (Lipinski definition) is 4. The Bertz CT molecular complexity index is 992. The minimum atomic E-state index is -0.361. The average molecular weight is 392 g/mol. The van der Waals surface area contributed by atoms with E-state index < -0.39 is 0 Å². The van der Waals surface area contributed by atoms with Gasteiger partial charge in [0.15, 0.2) is 0 Å². The number of carbonyl (C=O) groups excluding carboxylic acids is 3. The van der Waals surface area contributed by atoms with Crippen molar-refractivity contribution in [3.63, 3.8) is 0 Å². The number of ether oxygens (including phenoxy) is 1. The molecule has 2 aromatic carbocycles. The topological polar surface area (TPSA) is 75.7 Å². The molecule has 1 fully saturated rings. The number of aryl methyl sites for hydroxylation is 2. The van der Waals surface area contributed by atoms with E-state index in [4.69, 9.17) is 4.74 Å². The summed E-state index contributed by atoms with van der Waals surface area (Å²) < 4.78 is 5.56. The Hall–Kier alpha value is -2.99. The molecule has 2 aromatic rings. The molecule has 0 bridgehead atoms. The highest BCUT2D eigenvalue weighted by atomic mass is 16.5. The molecule has 1 atom stereocenters. The SMILES string of the molecule is CCc1cccc(C)c1NC(=O)c1ccc2c(c1)C(=O)N(CC1CCCO1)C2=O. The maximum absolute atomic E-state index is 12.8. The molecule has 1 saturated heterocycles. The second kappa shape index (κ2) is 7.79. The highest BCUT2D eigenvalue weighted by Gasteiger charge is 2.38. The molecule has 2 heterocycles. The van der Waals surface area contributed by atoms with Gasteiger partial charge >= 0.3 is 0 Å². The molecule has 6 heteroatoms. The van der Waals surface area contributed by atoms with E-state index in [1.165, 1.54) is 11.0 Å². The van der Waals surface area contributed by atoms with Crippen molar-refractivity contribution in [1.29, 1.82) is 0 Å². The number of hydrogen-bond donors (Lipinski definition) is 1. The molecule has 6 nitrogen and oxygen atoms in total. The van der Waals surface area contributed by atoms with Crippen molar-refractivity contribution >= 4 is 23.4 Å². The monoisotopic (exact) mass is 392 g/mol. The van der Waals surface area contributed by atoms with Gasteiger partial charge in [0.25, 0.3) is 17.7 Å². The van der Waals surface area contributed by atoms with Crippen LogP contribution in [0.15, 0.2) is 36.4 Å². The number of imide groups is 1. The van der Waals surface area contributed by atoms with Crippen LogP contribution >= 0.6 is 0 Å². The van der Waals surface area contributed by atoms with E-state index in [0.29, 0.717) is 17.7 Å². The standard InChI is InChI=1S/C23H24N2O4/c1-3-15-7-4-6-14(2)20(15)24-21(26)16-9-10-18-19(12-16)23(28)25(22(18)27)13-17-8-5-11-29-17/h4,6-7,9-10,12,17H,3,5,8,11,13H2,1-2H3,(H,24,26). The third-order valence-corrected chi connectivity index (χ3v) is 5.62. The molecule has 150 valence electrons. The molecule has 2 aliphatic heterocycles. The minimum Gasteiger partial charge on any atom is -0.376 e. The molecule has 1 N–H and O–H groups in total. The van der Waals surface area contributed by atoms with Crippen LogP contribution in [0.2, 0.25) is 0 Å². The lowest BCUT2D eigenvalue weighted by Crippen LogP contribution is -2.36. The molecule has 1 unspecified atom stereocenters. The highest BCUT2D eigenvalue weighted by Crippen LogP contribution is 2.27. The Labute approximate surface area is 169 Å². The van der Waals surface area contributed by atoms with Gasteiger partial charge in [-0.3, -0.25) is 19.3 Å². The van der Waals surface area contributed by atoms with Crippen molar-refractivity contribution in [3.05, 3.63) is 64.2 Å². The molecule has 4 rings (SSSR count). The Kier molecular flexibility index (Phi) is 5.20. The Morgan fingerprint density at radius 2 is 1.97 bits per heavy atom. The molecule has 29 heavy (non-hydrogen) atoms. The lowest BCUT2D eigenvalue weighted by molar-refractivity contribution is 0.0475. The zero-order chi connectivity index (χ0) is 20.5. The van der Waals surface area contributed by atoms with Crippen molar-refractivity contribution in [1.82, 2.24) is 4.90 Å². The van der Waals surface area contributed by atoms with Crippen LogP contribution < -0.4 is 5.32 Å². The summed E-state index contributed by atoms with van der Waals surface area (Å²) in [6, 6.07) is 10.6. The zero-order valence-corrected chi connectivity index (χ0v) is 16.7. The van der Waals surface area contributed by atoms with E-state index in [2.05, 4.69) is 5.32 Å². The summed E-state index contributed by atoms with van der Waals surface area (Å²) in [7, 11) is 0. The number of fused-ring (bicyclic) bond motifs is 1. The van der Waals surface area contributed by atoms with Crippen molar-refractivity contribution in [2.75, 3.05) is 18.5 Å². The van der Waals surface area contributed by atoms with Crippen LogP contribution in [-0.2, 0) is 11.2 Å². The Morgan fingerprint density at radius 1 is 1.17 bits per heavy atom. The molecule has 0 radical (unpaired) electrons. The van der Waals surface area contributed by atoms with Crippen molar-refractivity contribution in [2.45, 2.75) is 39.2 Å².